The number of nitrogens with zero attached hydrogens (tertiary/aromatic N) is 2. The van der Waals surface area contributed by atoms with E-state index < -0.39 is 18.8 Å². The van der Waals surface area contributed by atoms with Gasteiger partial charge in [0.15, 0.2) is 6.10 Å². The first-order valence-corrected chi connectivity index (χ1v) is 6.15. The minimum absolute atomic E-state index is 0.197. The van der Waals surface area contributed by atoms with Crippen molar-refractivity contribution in [3.63, 3.8) is 0 Å². The monoisotopic (exact) mass is 297 g/mol. The fourth-order valence-corrected chi connectivity index (χ4v) is 1.54. The topological polar surface area (TPSA) is 58.0 Å². The summed E-state index contributed by atoms with van der Waals surface area (Å²) in [4.78, 5) is 8.12. The van der Waals surface area contributed by atoms with Crippen LogP contribution < -0.4 is 5.32 Å². The number of anilines is 1. The van der Waals surface area contributed by atoms with Crippen LogP contribution in [0, 0.1) is 6.92 Å². The highest BCUT2D eigenvalue weighted by Crippen LogP contribution is 2.23. The molecule has 19 heavy (non-hydrogen) atoms. The smallest absolute Gasteiger partial charge is 0.382 e. The van der Waals surface area contributed by atoms with Gasteiger partial charge in [0, 0.05) is 12.0 Å². The third-order valence-corrected chi connectivity index (χ3v) is 2.82. The number of aliphatic hydroxyl groups is 1. The summed E-state index contributed by atoms with van der Waals surface area (Å²) in [5.41, 5.74) is 0.455. The molecule has 4 nitrogen and oxygen atoms in total. The van der Waals surface area contributed by atoms with E-state index in [9.17, 15) is 13.2 Å². The lowest BCUT2D eigenvalue weighted by atomic mass is 10.2. The van der Waals surface area contributed by atoms with Crippen LogP contribution in [-0.4, -0.2) is 33.9 Å². The molecule has 0 aliphatic rings. The lowest BCUT2D eigenvalue weighted by molar-refractivity contribution is -0.198. The van der Waals surface area contributed by atoms with Crippen molar-refractivity contribution in [1.29, 1.82) is 0 Å². The molecule has 0 aromatic carbocycles. The minimum atomic E-state index is -4.66. The van der Waals surface area contributed by atoms with Gasteiger partial charge in [-0.2, -0.15) is 13.2 Å². The van der Waals surface area contributed by atoms with E-state index in [1.54, 1.807) is 6.92 Å². The highest BCUT2D eigenvalue weighted by Gasteiger charge is 2.38. The molecule has 0 fully saturated rings. The Bertz CT molecular complexity index is 440. The van der Waals surface area contributed by atoms with Gasteiger partial charge in [-0.05, 0) is 13.3 Å². The quantitative estimate of drug-likeness (QED) is 0.821. The van der Waals surface area contributed by atoms with Crippen LogP contribution >= 0.6 is 11.6 Å². The number of hydrogen-bond donors (Lipinski definition) is 2. The average Bonchev–Trinajstić information content (AvgIpc) is 2.30. The summed E-state index contributed by atoms with van der Waals surface area (Å²) < 4.78 is 36.5. The number of halogens is 4. The number of nitrogens with one attached hydrogen (secondary N) is 1. The van der Waals surface area contributed by atoms with Gasteiger partial charge in [-0.15, -0.1) is 0 Å². The van der Waals surface area contributed by atoms with Gasteiger partial charge < -0.3 is 10.4 Å². The van der Waals surface area contributed by atoms with E-state index >= 15 is 0 Å². The molecule has 0 saturated heterocycles. The van der Waals surface area contributed by atoms with Gasteiger partial charge in [0.05, 0.1) is 6.54 Å². The summed E-state index contributed by atoms with van der Waals surface area (Å²) in [6, 6.07) is 0. The highest BCUT2D eigenvalue weighted by molar-refractivity contribution is 6.30. The molecule has 108 valence electrons. The number of aromatic nitrogens is 2. The summed E-state index contributed by atoms with van der Waals surface area (Å²) in [7, 11) is 0. The van der Waals surface area contributed by atoms with Crippen LogP contribution in [0.25, 0.3) is 0 Å². The molecular weight excluding hydrogens is 283 g/mol. The molecule has 1 rings (SSSR count). The van der Waals surface area contributed by atoms with Crippen LogP contribution in [0.1, 0.15) is 24.7 Å². The molecule has 0 bridgehead atoms. The Balaban J connectivity index is 2.82. The van der Waals surface area contributed by atoms with Crippen LogP contribution in [0.3, 0.4) is 0 Å². The number of alkyl halides is 3. The maximum absolute atomic E-state index is 12.2. The Morgan fingerprint density at radius 3 is 2.53 bits per heavy atom. The zero-order valence-corrected chi connectivity index (χ0v) is 11.3. The van der Waals surface area contributed by atoms with E-state index in [1.807, 2.05) is 6.92 Å². The zero-order chi connectivity index (χ0) is 14.6. The molecule has 1 aromatic heterocycles. The molecule has 0 aliphatic heterocycles. The van der Waals surface area contributed by atoms with Crippen LogP contribution in [-0.2, 0) is 6.42 Å². The minimum Gasteiger partial charge on any atom is -0.382 e. The molecule has 0 radical (unpaired) electrons. The first kappa shape index (κ1) is 16.0. The summed E-state index contributed by atoms with van der Waals surface area (Å²) in [6.45, 7) is 2.85. The van der Waals surface area contributed by atoms with Gasteiger partial charge in [-0.1, -0.05) is 18.5 Å². The molecule has 1 unspecified atom stereocenters. The van der Waals surface area contributed by atoms with Gasteiger partial charge >= 0.3 is 6.18 Å². The van der Waals surface area contributed by atoms with E-state index in [1.165, 1.54) is 0 Å². The Kier molecular flexibility index (Phi) is 5.37. The van der Waals surface area contributed by atoms with Gasteiger partial charge in [-0.3, -0.25) is 0 Å². The fourth-order valence-electron chi connectivity index (χ4n) is 1.35. The van der Waals surface area contributed by atoms with E-state index in [-0.39, 0.29) is 11.0 Å². The highest BCUT2D eigenvalue weighted by atomic mass is 35.5. The number of hydrogen-bond acceptors (Lipinski definition) is 4. The van der Waals surface area contributed by atoms with Crippen LogP contribution in [0.15, 0.2) is 0 Å². The van der Waals surface area contributed by atoms with Crippen molar-refractivity contribution in [3.05, 3.63) is 16.5 Å². The van der Waals surface area contributed by atoms with Gasteiger partial charge in [0.2, 0.25) is 0 Å². The molecule has 0 amide bonds. The van der Waals surface area contributed by atoms with Crippen LogP contribution in [0.4, 0.5) is 19.0 Å². The summed E-state index contributed by atoms with van der Waals surface area (Å²) in [6.07, 6.45) is -5.74. The van der Waals surface area contributed by atoms with E-state index in [4.69, 9.17) is 16.7 Å². The van der Waals surface area contributed by atoms with Gasteiger partial charge in [0.25, 0.3) is 0 Å². The fraction of sp³-hybridized carbons (Fsp3) is 0.636. The van der Waals surface area contributed by atoms with Crippen molar-refractivity contribution in [2.75, 3.05) is 11.9 Å². The van der Waals surface area contributed by atoms with Crippen LogP contribution in [0.5, 0.6) is 0 Å². The molecule has 1 aromatic rings. The van der Waals surface area contributed by atoms with Gasteiger partial charge in [-0.25, -0.2) is 9.97 Å². The summed E-state index contributed by atoms with van der Waals surface area (Å²) in [5.74, 6) is 0.675. The Hall–Kier alpha value is -1.08. The largest absolute Gasteiger partial charge is 0.416 e. The SMILES string of the molecule is CCCc1nc(Cl)c(C)c(NCC(O)C(F)(F)F)n1. The maximum Gasteiger partial charge on any atom is 0.416 e. The van der Waals surface area contributed by atoms with Gasteiger partial charge in [0.1, 0.15) is 16.8 Å². The second kappa shape index (κ2) is 6.38. The molecule has 1 heterocycles. The zero-order valence-electron chi connectivity index (χ0n) is 10.6. The van der Waals surface area contributed by atoms with Crippen LogP contribution in [0.2, 0.25) is 5.15 Å². The maximum atomic E-state index is 12.2. The lowest BCUT2D eigenvalue weighted by Crippen LogP contribution is -2.35. The third-order valence-electron chi connectivity index (χ3n) is 2.45. The van der Waals surface area contributed by atoms with E-state index in [0.717, 1.165) is 6.42 Å². The predicted molar refractivity (Wildman–Crippen MR) is 66.3 cm³/mol. The molecule has 0 aliphatic carbocycles. The normalized spacial score (nSPS) is 13.4. The third kappa shape index (κ3) is 4.50. The second-order valence-corrected chi connectivity index (χ2v) is 4.45. The molecule has 8 heteroatoms. The number of aliphatic hydroxyl groups excluding tert-OH is 1. The number of aryl methyl sites for hydroxylation is 1. The first-order chi connectivity index (χ1) is 8.75. The Morgan fingerprint density at radius 1 is 1.37 bits per heavy atom. The average molecular weight is 298 g/mol. The molecule has 2 N–H and O–H groups in total. The first-order valence-electron chi connectivity index (χ1n) is 5.77. The number of rotatable bonds is 5. The summed E-state index contributed by atoms with van der Waals surface area (Å²) >= 11 is 5.88. The predicted octanol–water partition coefficient (Wildman–Crippen LogP) is 2.73. The van der Waals surface area contributed by atoms with Crippen molar-refractivity contribution in [3.8, 4) is 0 Å². The standard InChI is InChI=1S/C11H15ClF3N3O/c1-3-4-8-17-9(12)6(2)10(18-8)16-5-7(19)11(13,14)15/h7,19H,3-5H2,1-2H3,(H,16,17,18). The van der Waals surface area contributed by atoms with Crippen molar-refractivity contribution >= 4 is 17.4 Å². The van der Waals surface area contributed by atoms with Crippen molar-refractivity contribution < 1.29 is 18.3 Å². The Morgan fingerprint density at radius 2 is 2.00 bits per heavy atom. The lowest BCUT2D eigenvalue weighted by Gasteiger charge is -2.17. The van der Waals surface area contributed by atoms with E-state index in [0.29, 0.717) is 17.8 Å². The Labute approximate surface area is 114 Å². The van der Waals surface area contributed by atoms with Crippen molar-refractivity contribution in [1.82, 2.24) is 9.97 Å². The second-order valence-electron chi connectivity index (χ2n) is 4.09. The molecule has 0 saturated carbocycles. The van der Waals surface area contributed by atoms with Crippen molar-refractivity contribution in [2.24, 2.45) is 0 Å². The molecule has 1 atom stereocenters. The molecule has 0 spiro atoms. The summed E-state index contributed by atoms with van der Waals surface area (Å²) in [5, 5.41) is 11.6. The van der Waals surface area contributed by atoms with Crippen molar-refractivity contribution in [2.45, 2.75) is 39.0 Å². The van der Waals surface area contributed by atoms with E-state index in [2.05, 4.69) is 15.3 Å². The molecular formula is C11H15ClF3N3O.